The number of rotatable bonds is 3. The lowest BCUT2D eigenvalue weighted by Gasteiger charge is -2.25. The molecule has 11 heavy (non-hydrogen) atoms. The molecular formula is C10H19N. The highest BCUT2D eigenvalue weighted by Crippen LogP contribution is 2.27. The first kappa shape index (κ1) is 8.63. The third kappa shape index (κ3) is 2.96. The van der Waals surface area contributed by atoms with Crippen molar-refractivity contribution < 1.29 is 0 Å². The highest BCUT2D eigenvalue weighted by molar-refractivity contribution is 4.74. The van der Waals surface area contributed by atoms with Crippen molar-refractivity contribution in [2.45, 2.75) is 32.6 Å². The van der Waals surface area contributed by atoms with Crippen LogP contribution in [0.4, 0.5) is 0 Å². The van der Waals surface area contributed by atoms with Crippen LogP contribution in [0.1, 0.15) is 32.6 Å². The molecule has 0 radical (unpaired) electrons. The average Bonchev–Trinajstić information content (AvgIpc) is 2.04. The lowest BCUT2D eigenvalue weighted by molar-refractivity contribution is 0.288. The van der Waals surface area contributed by atoms with Crippen molar-refractivity contribution in [2.75, 3.05) is 6.54 Å². The predicted molar refractivity (Wildman–Crippen MR) is 49.3 cm³/mol. The Morgan fingerprint density at radius 2 is 2.00 bits per heavy atom. The van der Waals surface area contributed by atoms with Crippen LogP contribution in [-0.2, 0) is 0 Å². The van der Waals surface area contributed by atoms with Gasteiger partial charge in [-0.2, -0.15) is 0 Å². The van der Waals surface area contributed by atoms with E-state index in [1.165, 1.54) is 25.7 Å². The Bertz CT molecular complexity index is 112. The van der Waals surface area contributed by atoms with E-state index in [1.54, 1.807) is 6.20 Å². The maximum absolute atomic E-state index is 3.65. The third-order valence-corrected chi connectivity index (χ3v) is 2.69. The quantitative estimate of drug-likeness (QED) is 0.657. The molecule has 0 aliphatic heterocycles. The fourth-order valence-electron chi connectivity index (χ4n) is 1.78. The first-order valence-corrected chi connectivity index (χ1v) is 4.67. The van der Waals surface area contributed by atoms with Gasteiger partial charge in [-0.1, -0.05) is 26.3 Å². The van der Waals surface area contributed by atoms with Crippen LogP contribution in [-0.4, -0.2) is 6.54 Å². The fraction of sp³-hybridized carbons (Fsp3) is 0.800. The van der Waals surface area contributed by atoms with Crippen molar-refractivity contribution >= 4 is 0 Å². The Labute approximate surface area is 69.9 Å². The molecule has 1 saturated carbocycles. The molecular weight excluding hydrogens is 134 g/mol. The van der Waals surface area contributed by atoms with E-state index in [0.29, 0.717) is 0 Å². The lowest BCUT2D eigenvalue weighted by atomic mass is 9.83. The summed E-state index contributed by atoms with van der Waals surface area (Å²) < 4.78 is 0. The normalized spacial score (nSPS) is 31.4. The summed E-state index contributed by atoms with van der Waals surface area (Å²) in [7, 11) is 0. The van der Waals surface area contributed by atoms with Crippen LogP contribution >= 0.6 is 0 Å². The van der Waals surface area contributed by atoms with Crippen LogP contribution in [0.2, 0.25) is 0 Å². The van der Waals surface area contributed by atoms with Gasteiger partial charge in [-0.15, -0.1) is 0 Å². The molecule has 0 amide bonds. The summed E-state index contributed by atoms with van der Waals surface area (Å²) in [5.41, 5.74) is 0. The van der Waals surface area contributed by atoms with E-state index in [4.69, 9.17) is 0 Å². The Morgan fingerprint density at radius 3 is 2.55 bits per heavy atom. The molecule has 0 aromatic rings. The van der Waals surface area contributed by atoms with Gasteiger partial charge in [0, 0.05) is 6.54 Å². The van der Waals surface area contributed by atoms with Crippen molar-refractivity contribution in [3.63, 3.8) is 0 Å². The molecule has 1 fully saturated rings. The summed E-state index contributed by atoms with van der Waals surface area (Å²) in [4.78, 5) is 0. The monoisotopic (exact) mass is 153 g/mol. The smallest absolute Gasteiger partial charge is 0.0169 e. The minimum Gasteiger partial charge on any atom is -0.391 e. The van der Waals surface area contributed by atoms with E-state index in [9.17, 15) is 0 Å². The molecule has 0 heterocycles. The Hall–Kier alpha value is -0.460. The molecule has 1 heteroatoms. The van der Waals surface area contributed by atoms with Gasteiger partial charge in [-0.3, -0.25) is 0 Å². The molecule has 0 spiro atoms. The van der Waals surface area contributed by atoms with Crippen molar-refractivity contribution in [3.8, 4) is 0 Å². The minimum absolute atomic E-state index is 0.907. The van der Waals surface area contributed by atoms with Crippen LogP contribution in [0.25, 0.3) is 0 Å². The van der Waals surface area contributed by atoms with E-state index in [-0.39, 0.29) is 0 Å². The van der Waals surface area contributed by atoms with Crippen molar-refractivity contribution in [1.29, 1.82) is 0 Å². The van der Waals surface area contributed by atoms with Gasteiger partial charge < -0.3 is 5.32 Å². The predicted octanol–water partition coefficient (Wildman–Crippen LogP) is 2.55. The van der Waals surface area contributed by atoms with E-state index in [1.807, 2.05) is 0 Å². The summed E-state index contributed by atoms with van der Waals surface area (Å²) in [6.45, 7) is 7.14. The Morgan fingerprint density at radius 1 is 1.36 bits per heavy atom. The second-order valence-corrected chi connectivity index (χ2v) is 3.74. The van der Waals surface area contributed by atoms with Gasteiger partial charge in [0.05, 0.1) is 0 Å². The van der Waals surface area contributed by atoms with Crippen molar-refractivity contribution in [3.05, 3.63) is 12.8 Å². The highest BCUT2D eigenvalue weighted by Gasteiger charge is 2.16. The van der Waals surface area contributed by atoms with Gasteiger partial charge in [0.1, 0.15) is 0 Å². The lowest BCUT2D eigenvalue weighted by Crippen LogP contribution is -2.22. The SMILES string of the molecule is C=CNCC1CCC(C)CC1. The van der Waals surface area contributed by atoms with Crippen LogP contribution in [0.5, 0.6) is 0 Å². The zero-order chi connectivity index (χ0) is 8.10. The molecule has 0 atom stereocenters. The molecule has 1 rings (SSSR count). The van der Waals surface area contributed by atoms with E-state index in [2.05, 4.69) is 18.8 Å². The first-order chi connectivity index (χ1) is 5.33. The molecule has 1 N–H and O–H groups in total. The molecule has 0 aromatic carbocycles. The second-order valence-electron chi connectivity index (χ2n) is 3.74. The highest BCUT2D eigenvalue weighted by atomic mass is 14.8. The minimum atomic E-state index is 0.907. The topological polar surface area (TPSA) is 12.0 Å². The van der Waals surface area contributed by atoms with Gasteiger partial charge in [0.25, 0.3) is 0 Å². The maximum Gasteiger partial charge on any atom is 0.0169 e. The summed E-state index contributed by atoms with van der Waals surface area (Å²) in [5, 5.41) is 3.20. The molecule has 1 nitrogen and oxygen atoms in total. The number of hydrogen-bond donors (Lipinski definition) is 1. The van der Waals surface area contributed by atoms with E-state index >= 15 is 0 Å². The van der Waals surface area contributed by atoms with Crippen molar-refractivity contribution in [1.82, 2.24) is 5.32 Å². The van der Waals surface area contributed by atoms with E-state index < -0.39 is 0 Å². The van der Waals surface area contributed by atoms with Gasteiger partial charge >= 0.3 is 0 Å². The van der Waals surface area contributed by atoms with E-state index in [0.717, 1.165) is 18.4 Å². The van der Waals surface area contributed by atoms with Gasteiger partial charge in [-0.05, 0) is 30.9 Å². The average molecular weight is 153 g/mol. The molecule has 1 aliphatic carbocycles. The summed E-state index contributed by atoms with van der Waals surface area (Å²) >= 11 is 0. The molecule has 0 aromatic heterocycles. The summed E-state index contributed by atoms with van der Waals surface area (Å²) in [6.07, 6.45) is 7.45. The van der Waals surface area contributed by atoms with Crippen molar-refractivity contribution in [2.24, 2.45) is 11.8 Å². The third-order valence-electron chi connectivity index (χ3n) is 2.69. The zero-order valence-corrected chi connectivity index (χ0v) is 7.47. The van der Waals surface area contributed by atoms with Crippen LogP contribution in [0.15, 0.2) is 12.8 Å². The number of hydrogen-bond acceptors (Lipinski definition) is 1. The van der Waals surface area contributed by atoms with Gasteiger partial charge in [0.2, 0.25) is 0 Å². The van der Waals surface area contributed by atoms with Crippen LogP contribution < -0.4 is 5.32 Å². The Balaban J connectivity index is 2.12. The molecule has 0 saturated heterocycles. The standard InChI is InChI=1S/C10H19N/c1-3-11-8-10-6-4-9(2)5-7-10/h3,9-11H,1,4-8H2,2H3. The maximum atomic E-state index is 3.65. The van der Waals surface area contributed by atoms with Gasteiger partial charge in [0.15, 0.2) is 0 Å². The molecule has 64 valence electrons. The van der Waals surface area contributed by atoms with Crippen LogP contribution in [0.3, 0.4) is 0 Å². The zero-order valence-electron chi connectivity index (χ0n) is 7.47. The summed E-state index contributed by atoms with van der Waals surface area (Å²) in [5.74, 6) is 1.87. The first-order valence-electron chi connectivity index (χ1n) is 4.67. The molecule has 0 unspecified atom stereocenters. The Kier molecular flexibility index (Phi) is 3.47. The second kappa shape index (κ2) is 4.42. The molecule has 0 bridgehead atoms. The largest absolute Gasteiger partial charge is 0.391 e. The van der Waals surface area contributed by atoms with Crippen LogP contribution in [0, 0.1) is 11.8 Å². The van der Waals surface area contributed by atoms with Gasteiger partial charge in [-0.25, -0.2) is 0 Å². The fourth-order valence-corrected chi connectivity index (χ4v) is 1.78. The molecule has 1 aliphatic rings. The number of nitrogens with one attached hydrogen (secondary N) is 1. The summed E-state index contributed by atoms with van der Waals surface area (Å²) in [6, 6.07) is 0.